The first kappa shape index (κ1) is 22.1. The van der Waals surface area contributed by atoms with Gasteiger partial charge in [-0.05, 0) is 48.4 Å². The normalized spacial score (nSPS) is 15.0. The van der Waals surface area contributed by atoms with Crippen molar-refractivity contribution in [3.05, 3.63) is 88.5 Å². The molecule has 1 amide bonds. The molecule has 0 saturated carbocycles. The summed E-state index contributed by atoms with van der Waals surface area (Å²) in [7, 11) is 1.61. The maximum atomic E-state index is 13.5. The number of aromatic amines is 1. The molecule has 0 saturated heterocycles. The average molecular weight is 478 g/mol. The summed E-state index contributed by atoms with van der Waals surface area (Å²) in [5.41, 5.74) is 3.73. The summed E-state index contributed by atoms with van der Waals surface area (Å²) in [6.45, 7) is 2.96. The number of carbonyl (C=O) groups is 1. The molecule has 0 radical (unpaired) electrons. The van der Waals surface area contributed by atoms with Crippen molar-refractivity contribution in [2.24, 2.45) is 0 Å². The van der Waals surface area contributed by atoms with Gasteiger partial charge >= 0.3 is 0 Å². The van der Waals surface area contributed by atoms with Gasteiger partial charge in [-0.25, -0.2) is 0 Å². The number of hydrogen-bond acceptors (Lipinski definition) is 5. The molecule has 1 N–H and O–H groups in total. The van der Waals surface area contributed by atoms with Gasteiger partial charge in [0.05, 0.1) is 38.3 Å². The lowest BCUT2D eigenvalue weighted by molar-refractivity contribution is 0.0716. The molecule has 1 aliphatic heterocycles. The van der Waals surface area contributed by atoms with Gasteiger partial charge in [0.2, 0.25) is 0 Å². The first-order chi connectivity index (χ1) is 16.6. The number of fused-ring (bicyclic) bond motifs is 1. The Bertz CT molecular complexity index is 1300. The van der Waals surface area contributed by atoms with E-state index in [0.29, 0.717) is 46.8 Å². The van der Waals surface area contributed by atoms with Crippen LogP contribution in [-0.4, -0.2) is 34.7 Å². The molecule has 7 nitrogen and oxygen atoms in total. The van der Waals surface area contributed by atoms with Crippen LogP contribution in [0.2, 0.25) is 5.02 Å². The van der Waals surface area contributed by atoms with E-state index in [2.05, 4.69) is 17.1 Å². The van der Waals surface area contributed by atoms with Crippen LogP contribution in [0.1, 0.15) is 46.8 Å². The third kappa shape index (κ3) is 3.92. The zero-order chi connectivity index (χ0) is 23.7. The van der Waals surface area contributed by atoms with Gasteiger partial charge in [-0.2, -0.15) is 5.10 Å². The third-order valence-electron chi connectivity index (χ3n) is 5.85. The second kappa shape index (κ2) is 9.27. The molecule has 174 valence electrons. The van der Waals surface area contributed by atoms with Crippen LogP contribution in [0.4, 0.5) is 0 Å². The molecule has 2 aromatic carbocycles. The minimum absolute atomic E-state index is 0.144. The van der Waals surface area contributed by atoms with Crippen LogP contribution in [0.3, 0.4) is 0 Å². The Morgan fingerprint density at radius 3 is 2.68 bits per heavy atom. The third-order valence-corrected chi connectivity index (χ3v) is 6.10. The van der Waals surface area contributed by atoms with Gasteiger partial charge in [-0.1, -0.05) is 36.7 Å². The van der Waals surface area contributed by atoms with Gasteiger partial charge in [-0.3, -0.25) is 9.89 Å². The van der Waals surface area contributed by atoms with Crippen LogP contribution < -0.4 is 9.47 Å². The summed E-state index contributed by atoms with van der Waals surface area (Å²) < 4.78 is 17.0. The van der Waals surface area contributed by atoms with Crippen LogP contribution in [0, 0.1) is 0 Å². The van der Waals surface area contributed by atoms with Crippen molar-refractivity contribution in [3.8, 4) is 22.8 Å². The molecule has 1 aliphatic rings. The smallest absolute Gasteiger partial charge is 0.273 e. The van der Waals surface area contributed by atoms with Gasteiger partial charge in [0.1, 0.15) is 11.5 Å². The van der Waals surface area contributed by atoms with E-state index in [4.69, 9.17) is 25.5 Å². The molecular formula is C26H24ClN3O4. The Morgan fingerprint density at radius 2 is 1.97 bits per heavy atom. The fourth-order valence-corrected chi connectivity index (χ4v) is 4.42. The Morgan fingerprint density at radius 1 is 1.15 bits per heavy atom. The van der Waals surface area contributed by atoms with Crippen molar-refractivity contribution in [1.82, 2.24) is 15.1 Å². The quantitative estimate of drug-likeness (QED) is 0.343. The highest BCUT2D eigenvalue weighted by atomic mass is 35.5. The second-order valence-corrected chi connectivity index (χ2v) is 8.48. The van der Waals surface area contributed by atoms with E-state index in [-0.39, 0.29) is 5.91 Å². The summed E-state index contributed by atoms with van der Waals surface area (Å²) in [6, 6.07) is 16.5. The van der Waals surface area contributed by atoms with Gasteiger partial charge in [-0.15, -0.1) is 0 Å². The lowest BCUT2D eigenvalue weighted by Crippen LogP contribution is -2.29. The molecule has 0 spiro atoms. The number of amides is 1. The molecule has 3 heterocycles. The molecule has 1 unspecified atom stereocenters. The molecule has 8 heteroatoms. The van der Waals surface area contributed by atoms with Crippen LogP contribution in [0.15, 0.2) is 65.3 Å². The monoisotopic (exact) mass is 477 g/mol. The Kier molecular flexibility index (Phi) is 6.02. The van der Waals surface area contributed by atoms with Crippen LogP contribution in [-0.2, 0) is 6.54 Å². The predicted octanol–water partition coefficient (Wildman–Crippen LogP) is 5.87. The number of H-pyrrole nitrogens is 1. The van der Waals surface area contributed by atoms with Crippen molar-refractivity contribution in [1.29, 1.82) is 0 Å². The summed E-state index contributed by atoms with van der Waals surface area (Å²) in [4.78, 5) is 15.3. The minimum atomic E-state index is -0.397. The first-order valence-corrected chi connectivity index (χ1v) is 11.5. The number of hydrogen-bond donors (Lipinski definition) is 1. The highest BCUT2D eigenvalue weighted by Gasteiger charge is 2.42. The molecule has 5 rings (SSSR count). The lowest BCUT2D eigenvalue weighted by atomic mass is 9.95. The van der Waals surface area contributed by atoms with E-state index in [0.717, 1.165) is 23.1 Å². The topological polar surface area (TPSA) is 80.6 Å². The Hall–Kier alpha value is -3.71. The Labute approximate surface area is 202 Å². The van der Waals surface area contributed by atoms with E-state index in [9.17, 15) is 4.79 Å². The van der Waals surface area contributed by atoms with Crippen molar-refractivity contribution in [2.45, 2.75) is 25.9 Å². The fourth-order valence-electron chi connectivity index (χ4n) is 4.29. The number of nitrogens with zero attached hydrogens (tertiary/aromatic N) is 2. The van der Waals surface area contributed by atoms with E-state index in [1.165, 1.54) is 0 Å². The number of ether oxygens (including phenoxy) is 2. The lowest BCUT2D eigenvalue weighted by Gasteiger charge is -2.26. The minimum Gasteiger partial charge on any atom is -0.493 e. The standard InChI is InChI=1S/C26H24ClN3O4/c1-3-12-34-20-11-8-17(14-21(20)32-2)25-22-23(16-6-9-18(27)10-7-16)28-29-24(22)26(31)30(25)15-19-5-4-13-33-19/h4-11,13-14,25H,3,12,15H2,1-2H3,(H,28,29). The van der Waals surface area contributed by atoms with Gasteiger partial charge in [0.25, 0.3) is 5.91 Å². The highest BCUT2D eigenvalue weighted by Crippen LogP contribution is 2.45. The van der Waals surface area contributed by atoms with E-state index >= 15 is 0 Å². The number of furan rings is 1. The van der Waals surface area contributed by atoms with E-state index < -0.39 is 6.04 Å². The number of halogens is 1. The molecular weight excluding hydrogens is 454 g/mol. The first-order valence-electron chi connectivity index (χ1n) is 11.1. The maximum Gasteiger partial charge on any atom is 0.273 e. The van der Waals surface area contributed by atoms with Crippen LogP contribution in [0.5, 0.6) is 11.5 Å². The SMILES string of the molecule is CCCOc1ccc(C2c3c(-c4ccc(Cl)cc4)n[nH]c3C(=O)N2Cc2ccco2)cc1OC. The summed E-state index contributed by atoms with van der Waals surface area (Å²) in [6.07, 6.45) is 2.50. The van der Waals surface area contributed by atoms with E-state index in [1.807, 2.05) is 54.6 Å². The van der Waals surface area contributed by atoms with Gasteiger partial charge in [0.15, 0.2) is 11.5 Å². The summed E-state index contributed by atoms with van der Waals surface area (Å²) in [5.74, 6) is 1.83. The zero-order valence-electron chi connectivity index (χ0n) is 18.9. The maximum absolute atomic E-state index is 13.5. The number of nitrogens with one attached hydrogen (secondary N) is 1. The number of benzene rings is 2. The molecule has 2 aromatic heterocycles. The molecule has 1 atom stereocenters. The molecule has 34 heavy (non-hydrogen) atoms. The summed E-state index contributed by atoms with van der Waals surface area (Å²) in [5, 5.41) is 8.10. The zero-order valence-corrected chi connectivity index (χ0v) is 19.6. The number of methoxy groups -OCH3 is 1. The van der Waals surface area contributed by atoms with Crippen molar-refractivity contribution in [2.75, 3.05) is 13.7 Å². The van der Waals surface area contributed by atoms with Crippen LogP contribution in [0.25, 0.3) is 11.3 Å². The van der Waals surface area contributed by atoms with Gasteiger partial charge < -0.3 is 18.8 Å². The average Bonchev–Trinajstić information content (AvgIpc) is 3.58. The van der Waals surface area contributed by atoms with Gasteiger partial charge in [0, 0.05) is 16.1 Å². The van der Waals surface area contributed by atoms with E-state index in [1.54, 1.807) is 18.3 Å². The molecule has 0 bridgehead atoms. The fraction of sp³-hybridized carbons (Fsp3) is 0.231. The predicted molar refractivity (Wildman–Crippen MR) is 128 cm³/mol. The van der Waals surface area contributed by atoms with Crippen LogP contribution >= 0.6 is 11.6 Å². The molecule has 0 fully saturated rings. The Balaban J connectivity index is 1.63. The number of rotatable bonds is 8. The number of carbonyl (C=O) groups excluding carboxylic acids is 1. The highest BCUT2D eigenvalue weighted by molar-refractivity contribution is 6.30. The number of aromatic nitrogens is 2. The summed E-state index contributed by atoms with van der Waals surface area (Å²) >= 11 is 6.10. The largest absolute Gasteiger partial charge is 0.493 e. The molecule has 4 aromatic rings. The van der Waals surface area contributed by atoms with Crippen molar-refractivity contribution < 1.29 is 18.7 Å². The molecule has 0 aliphatic carbocycles. The van der Waals surface area contributed by atoms with Crippen molar-refractivity contribution >= 4 is 17.5 Å². The van der Waals surface area contributed by atoms with Crippen molar-refractivity contribution in [3.63, 3.8) is 0 Å². The second-order valence-electron chi connectivity index (χ2n) is 8.04.